The van der Waals surface area contributed by atoms with Crippen molar-refractivity contribution in [3.05, 3.63) is 53.6 Å². The number of carbonyl (C=O) groups excluding carboxylic acids is 1. The first kappa shape index (κ1) is 17.9. The van der Waals surface area contributed by atoms with Gasteiger partial charge in [0.25, 0.3) is 0 Å². The van der Waals surface area contributed by atoms with Crippen molar-refractivity contribution in [2.24, 2.45) is 0 Å². The second-order valence-corrected chi connectivity index (χ2v) is 9.38. The number of amides is 1. The zero-order chi connectivity index (χ0) is 19.4. The van der Waals surface area contributed by atoms with Crippen molar-refractivity contribution in [2.45, 2.75) is 42.1 Å². The normalized spacial score (nSPS) is 26.6. The summed E-state index contributed by atoms with van der Waals surface area (Å²) in [5.41, 5.74) is 0.709. The van der Waals surface area contributed by atoms with Crippen LogP contribution < -0.4 is 14.8 Å². The number of carbonyl (C=O) groups is 1. The predicted octanol–water partition coefficient (Wildman–Crippen LogP) is 2.56. The van der Waals surface area contributed by atoms with Gasteiger partial charge in [-0.3, -0.25) is 4.79 Å². The summed E-state index contributed by atoms with van der Waals surface area (Å²) in [4.78, 5) is 13.0. The van der Waals surface area contributed by atoms with Crippen LogP contribution in [0.1, 0.15) is 30.4 Å². The molecule has 1 fully saturated rings. The number of benzene rings is 2. The van der Waals surface area contributed by atoms with Gasteiger partial charge in [0, 0.05) is 17.9 Å². The average Bonchev–Trinajstić information content (AvgIpc) is 2.60. The number of rotatable bonds is 3. The minimum atomic E-state index is -3.88. The molecule has 1 N–H and O–H groups in total. The van der Waals surface area contributed by atoms with E-state index >= 15 is 0 Å². The number of hydrogen-bond donors (Lipinski definition) is 1. The van der Waals surface area contributed by atoms with Crippen molar-refractivity contribution >= 4 is 15.7 Å². The van der Waals surface area contributed by atoms with E-state index in [1.54, 1.807) is 56.5 Å². The maximum atomic E-state index is 13.3. The molecule has 2 aliphatic rings. The maximum absolute atomic E-state index is 13.3. The standard InChI is InChI=1S/C20H21NO5S/c1-12-4-7-14(8-5-12)27(23,24)18-16-11-20(2,21-19(18)22)26-17-9-6-13(25-3)10-15(16)17/h4-10,16,18H,11H2,1-3H3,(H,21,22)/t16-,18-,20-/m0/s1. The fraction of sp³-hybridized carbons (Fsp3) is 0.350. The van der Waals surface area contributed by atoms with Crippen LogP contribution in [0.5, 0.6) is 11.5 Å². The molecule has 3 atom stereocenters. The van der Waals surface area contributed by atoms with Crippen LogP contribution in [0.3, 0.4) is 0 Å². The van der Waals surface area contributed by atoms with Crippen LogP contribution >= 0.6 is 0 Å². The first-order chi connectivity index (χ1) is 12.7. The number of ether oxygens (including phenoxy) is 2. The molecule has 0 saturated carbocycles. The summed E-state index contributed by atoms with van der Waals surface area (Å²) in [7, 11) is -2.33. The molecule has 2 heterocycles. The molecule has 1 amide bonds. The molecule has 2 aromatic carbocycles. The zero-order valence-corrected chi connectivity index (χ0v) is 16.2. The summed E-state index contributed by atoms with van der Waals surface area (Å²) in [6.07, 6.45) is 0.370. The Hall–Kier alpha value is -2.54. The van der Waals surface area contributed by atoms with Crippen molar-refractivity contribution < 1.29 is 22.7 Å². The average molecular weight is 387 g/mol. The molecule has 4 rings (SSSR count). The topological polar surface area (TPSA) is 81.7 Å². The Balaban J connectivity index is 1.86. The Kier molecular flexibility index (Phi) is 3.96. The Bertz CT molecular complexity index is 1020. The second-order valence-electron chi connectivity index (χ2n) is 7.32. The minimum absolute atomic E-state index is 0.146. The number of fused-ring (bicyclic) bond motifs is 4. The van der Waals surface area contributed by atoms with Crippen molar-refractivity contribution in [1.82, 2.24) is 5.32 Å². The molecular weight excluding hydrogens is 366 g/mol. The van der Waals surface area contributed by atoms with E-state index in [2.05, 4.69) is 5.32 Å². The number of piperidine rings is 1. The predicted molar refractivity (Wildman–Crippen MR) is 99.7 cm³/mol. The van der Waals surface area contributed by atoms with Gasteiger partial charge in [-0.05, 0) is 44.2 Å². The highest BCUT2D eigenvalue weighted by Gasteiger charge is 2.54. The molecule has 2 bridgehead atoms. The van der Waals surface area contributed by atoms with Crippen molar-refractivity contribution in [1.29, 1.82) is 0 Å². The Morgan fingerprint density at radius 1 is 1.19 bits per heavy atom. The highest BCUT2D eigenvalue weighted by molar-refractivity contribution is 7.92. The van der Waals surface area contributed by atoms with E-state index in [4.69, 9.17) is 9.47 Å². The van der Waals surface area contributed by atoms with Crippen LogP contribution in [0.25, 0.3) is 0 Å². The quantitative estimate of drug-likeness (QED) is 0.875. The molecule has 2 aromatic rings. The van der Waals surface area contributed by atoms with E-state index < -0.39 is 32.6 Å². The van der Waals surface area contributed by atoms with Gasteiger partial charge in [-0.1, -0.05) is 17.7 Å². The van der Waals surface area contributed by atoms with E-state index in [-0.39, 0.29) is 4.90 Å². The summed E-state index contributed by atoms with van der Waals surface area (Å²) in [6, 6.07) is 11.8. The monoisotopic (exact) mass is 387 g/mol. The lowest BCUT2D eigenvalue weighted by molar-refractivity contribution is -0.132. The van der Waals surface area contributed by atoms with Crippen LogP contribution in [0, 0.1) is 6.92 Å². The highest BCUT2D eigenvalue weighted by atomic mass is 32.2. The lowest BCUT2D eigenvalue weighted by atomic mass is 9.81. The summed E-state index contributed by atoms with van der Waals surface area (Å²) >= 11 is 0. The molecule has 7 heteroatoms. The highest BCUT2D eigenvalue weighted by Crippen LogP contribution is 2.48. The fourth-order valence-electron chi connectivity index (χ4n) is 3.94. The van der Waals surface area contributed by atoms with Gasteiger partial charge in [0.15, 0.2) is 20.8 Å². The molecule has 142 valence electrons. The van der Waals surface area contributed by atoms with Gasteiger partial charge in [-0.15, -0.1) is 0 Å². The van der Waals surface area contributed by atoms with Crippen molar-refractivity contribution in [2.75, 3.05) is 7.11 Å². The lowest BCUT2D eigenvalue weighted by Crippen LogP contribution is -2.63. The van der Waals surface area contributed by atoms with Crippen LogP contribution in [0.4, 0.5) is 0 Å². The Morgan fingerprint density at radius 3 is 2.56 bits per heavy atom. The number of hydrogen-bond acceptors (Lipinski definition) is 5. The van der Waals surface area contributed by atoms with Gasteiger partial charge in [-0.2, -0.15) is 0 Å². The van der Waals surface area contributed by atoms with E-state index in [1.807, 2.05) is 6.92 Å². The largest absolute Gasteiger partial charge is 0.497 e. The number of methoxy groups -OCH3 is 1. The second kappa shape index (κ2) is 5.99. The smallest absolute Gasteiger partial charge is 0.242 e. The first-order valence-electron chi connectivity index (χ1n) is 8.73. The van der Waals surface area contributed by atoms with Crippen LogP contribution in [0.2, 0.25) is 0 Å². The molecule has 0 aromatic heterocycles. The molecule has 1 saturated heterocycles. The summed E-state index contributed by atoms with van der Waals surface area (Å²) in [6.45, 7) is 3.65. The van der Waals surface area contributed by atoms with Crippen molar-refractivity contribution in [3.8, 4) is 11.5 Å². The van der Waals surface area contributed by atoms with Gasteiger partial charge >= 0.3 is 0 Å². The molecule has 27 heavy (non-hydrogen) atoms. The molecule has 0 aliphatic carbocycles. The number of sulfone groups is 1. The zero-order valence-electron chi connectivity index (χ0n) is 15.4. The van der Waals surface area contributed by atoms with Gasteiger partial charge in [0.1, 0.15) is 11.5 Å². The molecule has 0 radical (unpaired) electrons. The van der Waals surface area contributed by atoms with Crippen LogP contribution in [-0.2, 0) is 14.6 Å². The van der Waals surface area contributed by atoms with Crippen LogP contribution in [-0.4, -0.2) is 32.4 Å². The SMILES string of the molecule is COc1ccc2c(c1)[C@@H]1C[C@@](C)(NC(=O)[C@H]1S(=O)(=O)c1ccc(C)cc1)O2. The lowest BCUT2D eigenvalue weighted by Gasteiger charge is -2.46. The van der Waals surface area contributed by atoms with E-state index in [0.29, 0.717) is 23.5 Å². The third-order valence-electron chi connectivity index (χ3n) is 5.26. The summed E-state index contributed by atoms with van der Waals surface area (Å²) in [5, 5.41) is 1.54. The number of nitrogens with one attached hydrogen (secondary N) is 1. The third-order valence-corrected chi connectivity index (χ3v) is 7.40. The van der Waals surface area contributed by atoms with E-state index in [9.17, 15) is 13.2 Å². The summed E-state index contributed by atoms with van der Waals surface area (Å²) < 4.78 is 37.9. The van der Waals surface area contributed by atoms with Gasteiger partial charge in [0.2, 0.25) is 5.91 Å². The number of aryl methyl sites for hydroxylation is 1. The Morgan fingerprint density at radius 2 is 1.89 bits per heavy atom. The molecular formula is C20H21NO5S. The molecule has 6 nitrogen and oxygen atoms in total. The summed E-state index contributed by atoms with van der Waals surface area (Å²) in [5.74, 6) is 0.105. The maximum Gasteiger partial charge on any atom is 0.242 e. The fourth-order valence-corrected chi connectivity index (χ4v) is 5.77. The van der Waals surface area contributed by atoms with E-state index in [0.717, 1.165) is 5.56 Å². The van der Waals surface area contributed by atoms with Gasteiger partial charge in [-0.25, -0.2) is 8.42 Å². The van der Waals surface area contributed by atoms with Gasteiger partial charge < -0.3 is 14.8 Å². The molecule has 2 aliphatic heterocycles. The van der Waals surface area contributed by atoms with E-state index in [1.165, 1.54) is 0 Å². The molecule has 0 spiro atoms. The Labute approximate surface area is 158 Å². The van der Waals surface area contributed by atoms with Crippen molar-refractivity contribution in [3.63, 3.8) is 0 Å². The van der Waals surface area contributed by atoms with Gasteiger partial charge in [0.05, 0.1) is 12.0 Å². The molecule has 0 unspecified atom stereocenters. The van der Waals surface area contributed by atoms with Crippen LogP contribution in [0.15, 0.2) is 47.4 Å². The minimum Gasteiger partial charge on any atom is -0.497 e. The first-order valence-corrected chi connectivity index (χ1v) is 10.3. The third kappa shape index (κ3) is 2.86.